The molecule has 178 valence electrons. The molecule has 1 atom stereocenters. The van der Waals surface area contributed by atoms with Crippen LogP contribution in [-0.4, -0.2) is 26.8 Å². The number of hydrogen-bond donors (Lipinski definition) is 2. The summed E-state index contributed by atoms with van der Waals surface area (Å²) in [5.74, 6) is -0.404. The number of amides is 2. The molecule has 2 N–H and O–H groups in total. The van der Waals surface area contributed by atoms with Gasteiger partial charge in [-0.1, -0.05) is 36.4 Å². The van der Waals surface area contributed by atoms with E-state index < -0.39 is 15.9 Å². The second kappa shape index (κ2) is 9.36. The van der Waals surface area contributed by atoms with Crippen LogP contribution in [0.2, 0.25) is 0 Å². The Hall–Kier alpha value is -3.95. The third kappa shape index (κ3) is 4.82. The molecule has 35 heavy (non-hydrogen) atoms. The number of anilines is 2. The Labute approximate surface area is 202 Å². The summed E-state index contributed by atoms with van der Waals surface area (Å²) >= 11 is 0. The van der Waals surface area contributed by atoms with Crippen molar-refractivity contribution in [2.75, 3.05) is 16.8 Å². The number of benzene rings is 3. The van der Waals surface area contributed by atoms with E-state index in [9.17, 15) is 18.0 Å². The fraction of sp³-hybridized carbons (Fsp3) is 0.154. The van der Waals surface area contributed by atoms with Crippen LogP contribution < -0.4 is 14.9 Å². The molecule has 9 heteroatoms. The number of carbonyl (C=O) groups excluding carboxylic acids is 2. The standard InChI is InChI=1S/C26H23N3O5S/c30-25-15-19(17-29(25)24-9-3-6-18-5-1-2-8-23(18)24)26(31)28-20-10-12-22(13-11-20)35(32,33)27-16-21-7-4-14-34-21/h1-14,19,27H,15-17H2,(H,28,31)/t19-/m0/s1. The lowest BCUT2D eigenvalue weighted by molar-refractivity contribution is -0.122. The largest absolute Gasteiger partial charge is 0.468 e. The predicted octanol–water partition coefficient (Wildman–Crippen LogP) is 3.90. The van der Waals surface area contributed by atoms with Crippen molar-refractivity contribution in [2.45, 2.75) is 17.9 Å². The summed E-state index contributed by atoms with van der Waals surface area (Å²) in [7, 11) is -3.73. The van der Waals surface area contributed by atoms with E-state index in [4.69, 9.17) is 4.42 Å². The summed E-state index contributed by atoms with van der Waals surface area (Å²) < 4.78 is 32.6. The van der Waals surface area contributed by atoms with Gasteiger partial charge in [-0.05, 0) is 47.9 Å². The highest BCUT2D eigenvalue weighted by molar-refractivity contribution is 7.89. The van der Waals surface area contributed by atoms with Crippen LogP contribution in [0, 0.1) is 5.92 Å². The van der Waals surface area contributed by atoms with Crippen molar-refractivity contribution in [1.29, 1.82) is 0 Å². The van der Waals surface area contributed by atoms with Crippen molar-refractivity contribution in [3.8, 4) is 0 Å². The molecule has 1 aromatic heterocycles. The highest BCUT2D eigenvalue weighted by Gasteiger charge is 2.35. The molecule has 2 heterocycles. The molecule has 0 aliphatic carbocycles. The van der Waals surface area contributed by atoms with Crippen molar-refractivity contribution >= 4 is 44.0 Å². The molecule has 8 nitrogen and oxygen atoms in total. The van der Waals surface area contributed by atoms with Crippen LogP contribution >= 0.6 is 0 Å². The highest BCUT2D eigenvalue weighted by atomic mass is 32.2. The molecule has 1 aliphatic heterocycles. The van der Waals surface area contributed by atoms with Crippen molar-refractivity contribution in [2.24, 2.45) is 5.92 Å². The first-order valence-corrected chi connectivity index (χ1v) is 12.6. The zero-order valence-corrected chi connectivity index (χ0v) is 19.5. The zero-order chi connectivity index (χ0) is 24.4. The van der Waals surface area contributed by atoms with Gasteiger partial charge >= 0.3 is 0 Å². The van der Waals surface area contributed by atoms with E-state index in [2.05, 4.69) is 10.0 Å². The topological polar surface area (TPSA) is 109 Å². The average molecular weight is 490 g/mol. The van der Waals surface area contributed by atoms with Crippen LogP contribution in [0.3, 0.4) is 0 Å². The third-order valence-corrected chi connectivity index (χ3v) is 7.42. The van der Waals surface area contributed by atoms with Gasteiger partial charge < -0.3 is 14.6 Å². The minimum Gasteiger partial charge on any atom is -0.468 e. The molecular weight excluding hydrogens is 466 g/mol. The number of sulfonamides is 1. The molecule has 1 saturated heterocycles. The Morgan fingerprint density at radius 1 is 0.971 bits per heavy atom. The van der Waals surface area contributed by atoms with Crippen molar-refractivity contribution in [3.05, 3.63) is 90.9 Å². The fourth-order valence-corrected chi connectivity index (χ4v) is 5.18. The van der Waals surface area contributed by atoms with Crippen LogP contribution in [0.1, 0.15) is 12.2 Å². The molecule has 5 rings (SSSR count). The number of nitrogens with zero attached hydrogens (tertiary/aromatic N) is 1. The minimum absolute atomic E-state index is 0.0384. The van der Waals surface area contributed by atoms with Gasteiger partial charge in [0, 0.05) is 24.0 Å². The Morgan fingerprint density at radius 2 is 1.74 bits per heavy atom. The van der Waals surface area contributed by atoms with Crippen LogP contribution in [-0.2, 0) is 26.2 Å². The highest BCUT2D eigenvalue weighted by Crippen LogP contribution is 2.32. The van der Waals surface area contributed by atoms with Gasteiger partial charge in [-0.2, -0.15) is 0 Å². The molecule has 0 unspecified atom stereocenters. The molecule has 0 radical (unpaired) electrons. The Bertz CT molecular complexity index is 1480. The molecule has 0 spiro atoms. The first-order valence-electron chi connectivity index (χ1n) is 11.1. The number of fused-ring (bicyclic) bond motifs is 1. The van der Waals surface area contributed by atoms with Crippen molar-refractivity contribution in [1.82, 2.24) is 4.72 Å². The van der Waals surface area contributed by atoms with Gasteiger partial charge in [0.2, 0.25) is 21.8 Å². The maximum Gasteiger partial charge on any atom is 0.240 e. The summed E-state index contributed by atoms with van der Waals surface area (Å²) in [4.78, 5) is 27.4. The average Bonchev–Trinajstić information content (AvgIpc) is 3.53. The monoisotopic (exact) mass is 489 g/mol. The molecule has 0 bridgehead atoms. The van der Waals surface area contributed by atoms with E-state index >= 15 is 0 Å². The van der Waals surface area contributed by atoms with Crippen LogP contribution in [0.4, 0.5) is 11.4 Å². The van der Waals surface area contributed by atoms with Crippen molar-refractivity contribution in [3.63, 3.8) is 0 Å². The Kier molecular flexibility index (Phi) is 6.10. The van der Waals surface area contributed by atoms with Gasteiger partial charge in [0.1, 0.15) is 5.76 Å². The Morgan fingerprint density at radius 3 is 2.51 bits per heavy atom. The molecule has 1 fully saturated rings. The van der Waals surface area contributed by atoms with Crippen LogP contribution in [0.25, 0.3) is 10.8 Å². The van der Waals surface area contributed by atoms with Crippen molar-refractivity contribution < 1.29 is 22.4 Å². The summed E-state index contributed by atoms with van der Waals surface area (Å²) in [6.45, 7) is 0.318. The summed E-state index contributed by atoms with van der Waals surface area (Å²) in [6, 6.07) is 22.8. The lowest BCUT2D eigenvalue weighted by atomic mass is 10.1. The zero-order valence-electron chi connectivity index (χ0n) is 18.7. The summed E-state index contributed by atoms with van der Waals surface area (Å²) in [6.07, 6.45) is 1.58. The summed E-state index contributed by atoms with van der Waals surface area (Å²) in [5.41, 5.74) is 1.25. The van der Waals surface area contributed by atoms with E-state index in [-0.39, 0.29) is 36.2 Å². The molecule has 2 amide bonds. The number of hydrogen-bond acceptors (Lipinski definition) is 5. The van der Waals surface area contributed by atoms with E-state index in [1.807, 2.05) is 42.5 Å². The third-order valence-electron chi connectivity index (χ3n) is 6.00. The molecule has 1 aliphatic rings. The smallest absolute Gasteiger partial charge is 0.240 e. The lowest BCUT2D eigenvalue weighted by Crippen LogP contribution is -2.28. The van der Waals surface area contributed by atoms with E-state index in [0.29, 0.717) is 11.4 Å². The van der Waals surface area contributed by atoms with Crippen LogP contribution in [0.5, 0.6) is 0 Å². The maximum absolute atomic E-state index is 12.9. The molecular formula is C26H23N3O5S. The summed E-state index contributed by atoms with van der Waals surface area (Å²) in [5, 5.41) is 4.79. The predicted molar refractivity (Wildman–Crippen MR) is 132 cm³/mol. The molecule has 3 aromatic carbocycles. The van der Waals surface area contributed by atoms with E-state index in [1.54, 1.807) is 17.0 Å². The van der Waals surface area contributed by atoms with E-state index in [1.165, 1.54) is 30.5 Å². The number of furan rings is 1. The first-order chi connectivity index (χ1) is 16.9. The minimum atomic E-state index is -3.73. The van der Waals surface area contributed by atoms with Gasteiger partial charge in [-0.3, -0.25) is 9.59 Å². The lowest BCUT2D eigenvalue weighted by Gasteiger charge is -2.19. The number of rotatable bonds is 7. The van der Waals surface area contributed by atoms with E-state index in [0.717, 1.165) is 16.5 Å². The van der Waals surface area contributed by atoms with Gasteiger partial charge in [-0.25, -0.2) is 13.1 Å². The second-order valence-corrected chi connectivity index (χ2v) is 10.1. The van der Waals surface area contributed by atoms with Gasteiger partial charge in [0.15, 0.2) is 0 Å². The van der Waals surface area contributed by atoms with Crippen LogP contribution in [0.15, 0.2) is 94.4 Å². The SMILES string of the molecule is O=C(Nc1ccc(S(=O)(=O)NCc2ccco2)cc1)[C@H]1CC(=O)N(c2cccc3ccccc23)C1. The molecule has 4 aromatic rings. The maximum atomic E-state index is 12.9. The van der Waals surface area contributed by atoms with Gasteiger partial charge in [0.25, 0.3) is 0 Å². The second-order valence-electron chi connectivity index (χ2n) is 8.32. The fourth-order valence-electron chi connectivity index (χ4n) is 4.18. The first kappa shape index (κ1) is 22.8. The normalized spacial score (nSPS) is 16.1. The molecule has 0 saturated carbocycles. The number of nitrogens with one attached hydrogen (secondary N) is 2. The number of carbonyl (C=O) groups is 2. The quantitative estimate of drug-likeness (QED) is 0.409. The van der Waals surface area contributed by atoms with Gasteiger partial charge in [-0.15, -0.1) is 0 Å². The Balaban J connectivity index is 1.24. The van der Waals surface area contributed by atoms with Gasteiger partial charge in [0.05, 0.1) is 29.3 Å².